The maximum Gasteiger partial charge on any atom is 0.220 e. The first kappa shape index (κ1) is 23.0. The average molecular weight is 429 g/mol. The highest BCUT2D eigenvalue weighted by Gasteiger charge is 2.25. The predicted octanol–water partition coefficient (Wildman–Crippen LogP) is 8.39. The Kier molecular flexibility index (Phi) is 6.75. The van der Waals surface area contributed by atoms with Gasteiger partial charge in [0.2, 0.25) is 5.69 Å². The molecule has 32 heavy (non-hydrogen) atoms. The van der Waals surface area contributed by atoms with Crippen LogP contribution in [0.2, 0.25) is 0 Å². The van der Waals surface area contributed by atoms with E-state index in [4.69, 9.17) is 0 Å². The number of hydrogen-bond acceptors (Lipinski definition) is 0. The zero-order valence-corrected chi connectivity index (χ0v) is 21.3. The van der Waals surface area contributed by atoms with E-state index in [9.17, 15) is 0 Å². The molecule has 0 aliphatic heterocycles. The average Bonchev–Trinajstić information content (AvgIpc) is 2.76. The maximum atomic E-state index is 2.51. The summed E-state index contributed by atoms with van der Waals surface area (Å²) in [4.78, 5) is 0. The molecule has 0 saturated heterocycles. The molecule has 1 aliphatic rings. The van der Waals surface area contributed by atoms with Crippen molar-refractivity contribution >= 4 is 10.8 Å². The Balaban J connectivity index is 1.88. The second kappa shape index (κ2) is 9.38. The zero-order valence-electron chi connectivity index (χ0n) is 21.3. The Labute approximate surface area is 195 Å². The largest absolute Gasteiger partial charge is 0.220 e. The molecule has 0 amide bonds. The lowest BCUT2D eigenvalue weighted by molar-refractivity contribution is -0.665. The van der Waals surface area contributed by atoms with Gasteiger partial charge in [0.05, 0.1) is 5.39 Å². The fourth-order valence-electron chi connectivity index (χ4n) is 6.25. The molecule has 1 aromatic heterocycles. The smallest absolute Gasteiger partial charge is 0.198 e. The van der Waals surface area contributed by atoms with Crippen LogP contribution in [0.3, 0.4) is 0 Å². The molecule has 0 radical (unpaired) electrons. The third-order valence-electron chi connectivity index (χ3n) is 7.97. The summed E-state index contributed by atoms with van der Waals surface area (Å²) >= 11 is 0. The van der Waals surface area contributed by atoms with Gasteiger partial charge >= 0.3 is 0 Å². The van der Waals surface area contributed by atoms with E-state index in [1.54, 1.807) is 0 Å². The van der Waals surface area contributed by atoms with Crippen molar-refractivity contribution in [3.05, 3.63) is 64.8 Å². The van der Waals surface area contributed by atoms with Crippen LogP contribution in [0.1, 0.15) is 94.0 Å². The zero-order chi connectivity index (χ0) is 23.0. The highest BCUT2D eigenvalue weighted by atomic mass is 14.9. The van der Waals surface area contributed by atoms with E-state index < -0.39 is 0 Å². The molecule has 2 aromatic carbocycles. The first-order valence-corrected chi connectivity index (χ1v) is 12.8. The van der Waals surface area contributed by atoms with Crippen LogP contribution in [0.5, 0.6) is 0 Å². The van der Waals surface area contributed by atoms with Crippen LogP contribution in [-0.2, 0) is 7.05 Å². The van der Waals surface area contributed by atoms with Crippen molar-refractivity contribution in [3.8, 4) is 11.3 Å². The van der Waals surface area contributed by atoms with E-state index in [0.717, 1.165) is 5.92 Å². The lowest BCUT2D eigenvalue weighted by atomic mass is 9.79. The highest BCUT2D eigenvalue weighted by Crippen LogP contribution is 2.38. The third-order valence-corrected chi connectivity index (χ3v) is 7.97. The molecule has 4 rings (SSSR count). The van der Waals surface area contributed by atoms with E-state index in [1.165, 1.54) is 76.5 Å². The Hall–Kier alpha value is -2.15. The van der Waals surface area contributed by atoms with E-state index >= 15 is 0 Å². The Morgan fingerprint density at radius 1 is 0.812 bits per heavy atom. The maximum absolute atomic E-state index is 2.51. The van der Waals surface area contributed by atoms with E-state index in [0.29, 0.717) is 17.8 Å². The van der Waals surface area contributed by atoms with Crippen molar-refractivity contribution in [2.75, 3.05) is 0 Å². The quantitative estimate of drug-likeness (QED) is 0.359. The number of benzene rings is 2. The molecule has 170 valence electrons. The van der Waals surface area contributed by atoms with Crippen LogP contribution in [0.15, 0.2) is 42.5 Å². The Bertz CT molecular complexity index is 1090. The van der Waals surface area contributed by atoms with Crippen molar-refractivity contribution in [1.29, 1.82) is 0 Å². The minimum atomic E-state index is 0.591. The van der Waals surface area contributed by atoms with Gasteiger partial charge in [0, 0.05) is 18.6 Å². The van der Waals surface area contributed by atoms with E-state index in [-0.39, 0.29) is 0 Å². The fourth-order valence-corrected chi connectivity index (χ4v) is 6.25. The van der Waals surface area contributed by atoms with Gasteiger partial charge < -0.3 is 0 Å². The molecule has 1 heterocycles. The second-order valence-electron chi connectivity index (χ2n) is 11.0. The van der Waals surface area contributed by atoms with Gasteiger partial charge in [0.1, 0.15) is 7.05 Å². The minimum absolute atomic E-state index is 0.591. The Morgan fingerprint density at radius 3 is 2.16 bits per heavy atom. The van der Waals surface area contributed by atoms with Gasteiger partial charge in [-0.2, -0.15) is 4.57 Å². The van der Waals surface area contributed by atoms with Crippen molar-refractivity contribution in [2.45, 2.75) is 85.5 Å². The summed E-state index contributed by atoms with van der Waals surface area (Å²) in [6, 6.07) is 16.9. The molecule has 0 atom stereocenters. The summed E-state index contributed by atoms with van der Waals surface area (Å²) in [5, 5.41) is 2.75. The van der Waals surface area contributed by atoms with Crippen LogP contribution in [0, 0.1) is 25.7 Å². The first-order chi connectivity index (χ1) is 15.3. The van der Waals surface area contributed by atoms with Crippen LogP contribution in [0.4, 0.5) is 0 Å². The van der Waals surface area contributed by atoms with Crippen molar-refractivity contribution in [1.82, 2.24) is 0 Å². The molecule has 1 aliphatic carbocycles. The van der Waals surface area contributed by atoms with Crippen LogP contribution in [0.25, 0.3) is 22.0 Å². The van der Waals surface area contributed by atoms with E-state index in [2.05, 4.69) is 95.6 Å². The summed E-state index contributed by atoms with van der Waals surface area (Å²) in [6.45, 7) is 14.0. The van der Waals surface area contributed by atoms with Gasteiger partial charge in [-0.05, 0) is 77.6 Å². The number of pyridine rings is 1. The van der Waals surface area contributed by atoms with Gasteiger partial charge in [-0.1, -0.05) is 71.2 Å². The first-order valence-electron chi connectivity index (χ1n) is 12.8. The topological polar surface area (TPSA) is 3.88 Å². The van der Waals surface area contributed by atoms with Gasteiger partial charge in [-0.15, -0.1) is 0 Å². The van der Waals surface area contributed by atoms with Crippen molar-refractivity contribution < 1.29 is 4.57 Å². The van der Waals surface area contributed by atoms with Gasteiger partial charge in [0.15, 0.2) is 5.69 Å². The molecule has 0 bridgehead atoms. The lowest BCUT2D eigenvalue weighted by Crippen LogP contribution is -2.35. The third kappa shape index (κ3) is 4.36. The lowest BCUT2D eigenvalue weighted by Gasteiger charge is -2.26. The standard InChI is InChI=1S/C31H42N/c1-20(2)30(21(3)4)26-15-16-28-27(18-26)17-23(6)32(7)31(28)29-19-25(14-13-22(29)5)24-11-9-8-10-12-24/h13-21,24,30H,8-12H2,1-7H3/q+1. The fraction of sp³-hybridized carbons (Fsp3) is 0.516. The van der Waals surface area contributed by atoms with E-state index in [1.807, 2.05) is 0 Å². The highest BCUT2D eigenvalue weighted by molar-refractivity contribution is 5.94. The number of aromatic nitrogens is 1. The molecule has 0 unspecified atom stereocenters. The number of nitrogens with zero attached hydrogens (tertiary/aromatic N) is 1. The summed E-state index contributed by atoms with van der Waals surface area (Å²) in [7, 11) is 2.23. The van der Waals surface area contributed by atoms with Crippen molar-refractivity contribution in [3.63, 3.8) is 0 Å². The van der Waals surface area contributed by atoms with Gasteiger partial charge in [-0.3, -0.25) is 0 Å². The number of fused-ring (bicyclic) bond motifs is 1. The summed E-state index contributed by atoms with van der Waals surface area (Å²) in [5.41, 5.74) is 8.48. The molecule has 1 nitrogen and oxygen atoms in total. The number of rotatable bonds is 5. The van der Waals surface area contributed by atoms with Gasteiger partial charge in [-0.25, -0.2) is 0 Å². The molecule has 1 fully saturated rings. The Morgan fingerprint density at radius 2 is 1.50 bits per heavy atom. The summed E-state index contributed by atoms with van der Waals surface area (Å²) in [6.07, 6.45) is 6.86. The van der Waals surface area contributed by atoms with Crippen LogP contribution >= 0.6 is 0 Å². The van der Waals surface area contributed by atoms with Crippen molar-refractivity contribution in [2.24, 2.45) is 18.9 Å². The SMILES string of the molecule is Cc1ccc(C2CCCCC2)cc1-c1c2ccc(C(C(C)C)C(C)C)cc2cc(C)[n+]1C. The number of hydrogen-bond donors (Lipinski definition) is 0. The normalized spacial score (nSPS) is 15.4. The summed E-state index contributed by atoms with van der Waals surface area (Å²) < 4.78 is 2.40. The van der Waals surface area contributed by atoms with Crippen LogP contribution < -0.4 is 4.57 Å². The molecule has 3 aromatic rings. The minimum Gasteiger partial charge on any atom is -0.198 e. The van der Waals surface area contributed by atoms with Gasteiger partial charge in [0.25, 0.3) is 0 Å². The second-order valence-corrected chi connectivity index (χ2v) is 11.0. The summed E-state index contributed by atoms with van der Waals surface area (Å²) in [5.74, 6) is 2.60. The van der Waals surface area contributed by atoms with Crippen LogP contribution in [-0.4, -0.2) is 0 Å². The molecule has 1 saturated carbocycles. The molecule has 0 N–H and O–H groups in total. The predicted molar refractivity (Wildman–Crippen MR) is 138 cm³/mol. The molecule has 1 heteroatoms. The molecular formula is C31H42N+. The number of aryl methyl sites for hydroxylation is 2. The molecule has 0 spiro atoms. The monoisotopic (exact) mass is 428 g/mol. The molecular weight excluding hydrogens is 386 g/mol.